The second kappa shape index (κ2) is 3.31. The number of ketones is 1. The van der Waals surface area contributed by atoms with Crippen molar-refractivity contribution in [2.24, 2.45) is 0 Å². The number of aliphatic hydroxyl groups is 1. The predicted molar refractivity (Wildman–Crippen MR) is 73.4 cm³/mol. The highest BCUT2D eigenvalue weighted by Gasteiger charge is 2.70. The molecule has 3 N–H and O–H groups in total. The number of carbonyl (C=O) groups is 1. The Bertz CT molecular complexity index is 727. The van der Waals surface area contributed by atoms with Crippen LogP contribution in [0.4, 0.5) is 0 Å². The Morgan fingerprint density at radius 3 is 3.10 bits per heavy atom. The summed E-state index contributed by atoms with van der Waals surface area (Å²) in [6, 6.07) is 3.36. The third-order valence-corrected chi connectivity index (χ3v) is 5.69. The molecule has 1 unspecified atom stereocenters. The van der Waals surface area contributed by atoms with Gasteiger partial charge in [0.15, 0.2) is 23.4 Å². The minimum atomic E-state index is -1.14. The molecule has 0 saturated carbocycles. The highest BCUT2D eigenvalue weighted by Crippen LogP contribution is 2.62. The number of ether oxygens (including phenoxy) is 1. The van der Waals surface area contributed by atoms with Gasteiger partial charge in [0, 0.05) is 11.6 Å². The van der Waals surface area contributed by atoms with E-state index in [2.05, 4.69) is 5.32 Å². The number of phenolic OH excluding ortho intramolecular Hbond substituents is 1. The van der Waals surface area contributed by atoms with Crippen LogP contribution in [0.2, 0.25) is 0 Å². The van der Waals surface area contributed by atoms with Crippen molar-refractivity contribution in [1.29, 1.82) is 0 Å². The fourth-order valence-electron chi connectivity index (χ4n) is 4.83. The SMILES string of the molecule is O=C1C=C[C@@]2(O)[C@H]3Cc4ccc(O)c5c4C2(CCN3)[C@H]1O5. The number of nitrogens with one attached hydrogen (secondary N) is 1. The summed E-state index contributed by atoms with van der Waals surface area (Å²) in [5.41, 5.74) is -0.0209. The Morgan fingerprint density at radius 2 is 2.24 bits per heavy atom. The van der Waals surface area contributed by atoms with Crippen molar-refractivity contribution >= 4 is 5.78 Å². The molecule has 2 aliphatic carbocycles. The Hall–Kier alpha value is -1.85. The van der Waals surface area contributed by atoms with Gasteiger partial charge >= 0.3 is 0 Å². The van der Waals surface area contributed by atoms with Crippen LogP contribution >= 0.6 is 0 Å². The molecule has 4 aliphatic rings. The van der Waals surface area contributed by atoms with Crippen LogP contribution < -0.4 is 10.1 Å². The number of hydrogen-bond donors (Lipinski definition) is 3. The largest absolute Gasteiger partial charge is 0.504 e. The minimum absolute atomic E-state index is 0.0460. The van der Waals surface area contributed by atoms with Crippen molar-refractivity contribution in [3.63, 3.8) is 0 Å². The van der Waals surface area contributed by atoms with Crippen LogP contribution in [0, 0.1) is 0 Å². The van der Waals surface area contributed by atoms with Gasteiger partial charge in [0.2, 0.25) is 0 Å². The molecule has 1 fully saturated rings. The summed E-state index contributed by atoms with van der Waals surface area (Å²) in [6.45, 7) is 0.725. The monoisotopic (exact) mass is 285 g/mol. The molecule has 1 aromatic rings. The van der Waals surface area contributed by atoms with Gasteiger partial charge in [0.25, 0.3) is 0 Å². The molecule has 0 radical (unpaired) electrons. The van der Waals surface area contributed by atoms with Crippen molar-refractivity contribution in [3.8, 4) is 11.5 Å². The quantitative estimate of drug-likeness (QED) is 0.634. The summed E-state index contributed by atoms with van der Waals surface area (Å²) >= 11 is 0. The molecule has 21 heavy (non-hydrogen) atoms. The van der Waals surface area contributed by atoms with E-state index in [0.717, 1.165) is 17.7 Å². The van der Waals surface area contributed by atoms with Crippen LogP contribution in [-0.2, 0) is 16.6 Å². The van der Waals surface area contributed by atoms with Gasteiger partial charge < -0.3 is 20.3 Å². The standard InChI is InChI=1S/C16H15NO4/c18-9-2-1-8-7-11-16(20)4-3-10(19)14-15(16,5-6-17-11)12(8)13(9)21-14/h1-4,11,14,17-18,20H,5-7H2/t11-,14+,15?,16-/m1/s1. The third-order valence-electron chi connectivity index (χ3n) is 5.69. The van der Waals surface area contributed by atoms with E-state index in [0.29, 0.717) is 18.6 Å². The van der Waals surface area contributed by atoms with Gasteiger partial charge in [0.05, 0.1) is 5.41 Å². The van der Waals surface area contributed by atoms with E-state index < -0.39 is 17.1 Å². The summed E-state index contributed by atoms with van der Waals surface area (Å²) in [5.74, 6) is 0.293. The molecule has 5 rings (SSSR count). The first-order valence-corrected chi connectivity index (χ1v) is 7.29. The molecule has 1 saturated heterocycles. The van der Waals surface area contributed by atoms with Crippen LogP contribution in [0.25, 0.3) is 0 Å². The maximum Gasteiger partial charge on any atom is 0.196 e. The van der Waals surface area contributed by atoms with E-state index in [1.165, 1.54) is 6.08 Å². The summed E-state index contributed by atoms with van der Waals surface area (Å²) in [6.07, 6.45) is 3.60. The highest BCUT2D eigenvalue weighted by atomic mass is 16.5. The molecule has 5 nitrogen and oxygen atoms in total. The summed E-state index contributed by atoms with van der Waals surface area (Å²) < 4.78 is 5.85. The molecule has 2 aliphatic heterocycles. The summed E-state index contributed by atoms with van der Waals surface area (Å²) in [7, 11) is 0. The lowest BCUT2D eigenvalue weighted by atomic mass is 9.51. The molecular weight excluding hydrogens is 270 g/mol. The number of aromatic hydroxyl groups is 1. The van der Waals surface area contributed by atoms with Gasteiger partial charge in [-0.25, -0.2) is 0 Å². The normalized spacial score (nSPS) is 41.7. The second-order valence-corrected chi connectivity index (χ2v) is 6.44. The van der Waals surface area contributed by atoms with E-state index in [4.69, 9.17) is 4.74 Å². The van der Waals surface area contributed by atoms with Crippen molar-refractivity contribution in [2.75, 3.05) is 6.54 Å². The number of hydrogen-bond acceptors (Lipinski definition) is 5. The molecule has 1 spiro atoms. The van der Waals surface area contributed by atoms with Gasteiger partial charge in [-0.2, -0.15) is 0 Å². The van der Waals surface area contributed by atoms with E-state index in [1.807, 2.05) is 6.07 Å². The number of benzene rings is 1. The first-order valence-electron chi connectivity index (χ1n) is 7.29. The van der Waals surface area contributed by atoms with Crippen LogP contribution in [0.3, 0.4) is 0 Å². The average molecular weight is 285 g/mol. The lowest BCUT2D eigenvalue weighted by Crippen LogP contribution is -2.74. The molecular formula is C16H15NO4. The van der Waals surface area contributed by atoms with Gasteiger partial charge in [-0.1, -0.05) is 6.07 Å². The summed E-state index contributed by atoms with van der Waals surface area (Å²) in [5, 5.41) is 24.8. The third kappa shape index (κ3) is 1.05. The van der Waals surface area contributed by atoms with E-state index in [9.17, 15) is 15.0 Å². The Kier molecular flexibility index (Phi) is 1.86. The van der Waals surface area contributed by atoms with Gasteiger partial charge in [-0.15, -0.1) is 0 Å². The highest BCUT2D eigenvalue weighted by molar-refractivity contribution is 5.99. The zero-order valence-corrected chi connectivity index (χ0v) is 11.3. The number of rotatable bonds is 0. The van der Waals surface area contributed by atoms with Crippen molar-refractivity contribution in [1.82, 2.24) is 5.32 Å². The molecule has 2 bridgehead atoms. The van der Waals surface area contributed by atoms with Crippen LogP contribution in [0.1, 0.15) is 17.5 Å². The van der Waals surface area contributed by atoms with E-state index in [1.54, 1.807) is 12.1 Å². The Morgan fingerprint density at radius 1 is 1.38 bits per heavy atom. The Labute approximate surface area is 121 Å². The molecule has 5 heteroatoms. The number of carbonyl (C=O) groups excluding carboxylic acids is 1. The van der Waals surface area contributed by atoms with Crippen molar-refractivity contribution in [2.45, 2.75) is 36.0 Å². The zero-order valence-electron chi connectivity index (χ0n) is 11.3. The average Bonchev–Trinajstić information content (AvgIpc) is 2.80. The first-order chi connectivity index (χ1) is 10.1. The van der Waals surface area contributed by atoms with E-state index in [-0.39, 0.29) is 17.6 Å². The number of piperidine rings is 1. The fraction of sp³-hybridized carbons (Fsp3) is 0.438. The molecule has 108 valence electrons. The van der Waals surface area contributed by atoms with Crippen LogP contribution in [-0.4, -0.2) is 40.3 Å². The summed E-state index contributed by atoms with van der Waals surface area (Å²) in [4.78, 5) is 12.3. The zero-order chi connectivity index (χ0) is 14.4. The molecule has 2 heterocycles. The maximum atomic E-state index is 12.3. The van der Waals surface area contributed by atoms with Crippen LogP contribution in [0.15, 0.2) is 24.3 Å². The minimum Gasteiger partial charge on any atom is -0.504 e. The molecule has 0 aromatic heterocycles. The lowest BCUT2D eigenvalue weighted by Gasteiger charge is -2.57. The molecule has 0 amide bonds. The van der Waals surface area contributed by atoms with Gasteiger partial charge in [-0.3, -0.25) is 4.79 Å². The molecule has 1 aromatic carbocycles. The topological polar surface area (TPSA) is 78.8 Å². The van der Waals surface area contributed by atoms with Crippen molar-refractivity contribution < 1.29 is 19.7 Å². The number of phenols is 1. The Balaban J connectivity index is 1.93. The fourth-order valence-corrected chi connectivity index (χ4v) is 4.83. The smallest absolute Gasteiger partial charge is 0.196 e. The first kappa shape index (κ1) is 11.8. The lowest BCUT2D eigenvalue weighted by molar-refractivity contribution is -0.139. The molecule has 4 atom stereocenters. The van der Waals surface area contributed by atoms with Gasteiger partial charge in [0.1, 0.15) is 5.60 Å². The van der Waals surface area contributed by atoms with Crippen molar-refractivity contribution in [3.05, 3.63) is 35.4 Å². The maximum absolute atomic E-state index is 12.3. The van der Waals surface area contributed by atoms with E-state index >= 15 is 0 Å². The van der Waals surface area contributed by atoms with Crippen LogP contribution in [0.5, 0.6) is 11.5 Å². The van der Waals surface area contributed by atoms with Gasteiger partial charge in [-0.05, 0) is 43.2 Å². The predicted octanol–water partition coefficient (Wildman–Crippen LogP) is 0.179. The second-order valence-electron chi connectivity index (χ2n) is 6.44.